The summed E-state index contributed by atoms with van der Waals surface area (Å²) in [5.74, 6) is 0. The molecule has 1 aromatic heterocycles. The first-order valence-corrected chi connectivity index (χ1v) is 6.31. The molecule has 18 heavy (non-hydrogen) atoms. The smallest absolute Gasteiger partial charge is 0.0641 e. The Morgan fingerprint density at radius 2 is 2.11 bits per heavy atom. The Labute approximate surface area is 106 Å². The molecule has 2 heterocycles. The van der Waals surface area contributed by atoms with Crippen LogP contribution in [0.1, 0.15) is 6.42 Å². The Kier molecular flexibility index (Phi) is 3.02. The fraction of sp³-hybridized carbons (Fsp3) is 0.357. The van der Waals surface area contributed by atoms with Gasteiger partial charge in [-0.3, -0.25) is 4.98 Å². The molecule has 0 unspecified atom stereocenters. The molecule has 0 atom stereocenters. The van der Waals surface area contributed by atoms with Crippen LogP contribution in [0.3, 0.4) is 0 Å². The van der Waals surface area contributed by atoms with Crippen LogP contribution in [0.5, 0.6) is 0 Å². The van der Waals surface area contributed by atoms with Gasteiger partial charge in [-0.2, -0.15) is 0 Å². The van der Waals surface area contributed by atoms with Gasteiger partial charge in [-0.05, 0) is 18.6 Å². The van der Waals surface area contributed by atoms with Gasteiger partial charge in [0.25, 0.3) is 0 Å². The number of ether oxygens (including phenoxy) is 1. The first kappa shape index (κ1) is 11.3. The summed E-state index contributed by atoms with van der Waals surface area (Å²) in [6.45, 7) is 3.52. The van der Waals surface area contributed by atoms with E-state index in [9.17, 15) is 0 Å². The molecule has 2 N–H and O–H groups in total. The Morgan fingerprint density at radius 1 is 1.17 bits per heavy atom. The molecule has 0 amide bonds. The van der Waals surface area contributed by atoms with Crippen LogP contribution in [-0.4, -0.2) is 31.3 Å². The Hall–Kier alpha value is -1.81. The quantitative estimate of drug-likeness (QED) is 0.779. The van der Waals surface area contributed by atoms with Crippen molar-refractivity contribution in [3.8, 4) is 0 Å². The SMILES string of the molecule is Nc1c(N2CCCOCC2)ccc2cnccc12. The number of nitrogens with two attached hydrogens (primary N) is 1. The van der Waals surface area contributed by atoms with Gasteiger partial charge in [0.2, 0.25) is 0 Å². The topological polar surface area (TPSA) is 51.4 Å². The third-order valence-corrected chi connectivity index (χ3v) is 3.40. The Morgan fingerprint density at radius 3 is 3.06 bits per heavy atom. The van der Waals surface area contributed by atoms with Gasteiger partial charge in [-0.25, -0.2) is 0 Å². The minimum atomic E-state index is 0.772. The van der Waals surface area contributed by atoms with Crippen molar-refractivity contribution in [1.82, 2.24) is 4.98 Å². The number of anilines is 2. The van der Waals surface area contributed by atoms with Crippen LogP contribution in [0.15, 0.2) is 30.6 Å². The van der Waals surface area contributed by atoms with E-state index in [1.54, 1.807) is 6.20 Å². The molecule has 4 heteroatoms. The number of nitrogens with zero attached hydrogens (tertiary/aromatic N) is 2. The maximum atomic E-state index is 6.29. The van der Waals surface area contributed by atoms with Crippen LogP contribution in [0.4, 0.5) is 11.4 Å². The van der Waals surface area contributed by atoms with E-state index in [2.05, 4.69) is 22.0 Å². The van der Waals surface area contributed by atoms with E-state index in [4.69, 9.17) is 10.5 Å². The van der Waals surface area contributed by atoms with Crippen molar-refractivity contribution < 1.29 is 4.74 Å². The predicted octanol–water partition coefficient (Wildman–Crippen LogP) is 2.04. The van der Waals surface area contributed by atoms with Crippen molar-refractivity contribution in [2.75, 3.05) is 36.9 Å². The van der Waals surface area contributed by atoms with Gasteiger partial charge in [-0.1, -0.05) is 6.07 Å². The molecule has 1 saturated heterocycles. The lowest BCUT2D eigenvalue weighted by molar-refractivity contribution is 0.152. The van der Waals surface area contributed by atoms with Crippen LogP contribution in [0, 0.1) is 0 Å². The molecule has 0 bridgehead atoms. The average molecular weight is 243 g/mol. The molecule has 1 fully saturated rings. The number of hydrogen-bond donors (Lipinski definition) is 1. The highest BCUT2D eigenvalue weighted by Gasteiger charge is 2.14. The van der Waals surface area contributed by atoms with E-state index in [0.29, 0.717) is 0 Å². The minimum absolute atomic E-state index is 0.772. The third kappa shape index (κ3) is 1.99. The zero-order valence-corrected chi connectivity index (χ0v) is 10.3. The largest absolute Gasteiger partial charge is 0.397 e. The summed E-state index contributed by atoms with van der Waals surface area (Å²) < 4.78 is 5.48. The summed E-state index contributed by atoms with van der Waals surface area (Å²) in [5, 5.41) is 2.16. The van der Waals surface area contributed by atoms with Gasteiger partial charge < -0.3 is 15.4 Å². The molecule has 94 valence electrons. The van der Waals surface area contributed by atoms with Gasteiger partial charge in [0.15, 0.2) is 0 Å². The van der Waals surface area contributed by atoms with Crippen LogP contribution < -0.4 is 10.6 Å². The van der Waals surface area contributed by atoms with Gasteiger partial charge in [0, 0.05) is 42.9 Å². The first-order valence-electron chi connectivity index (χ1n) is 6.31. The van der Waals surface area contributed by atoms with Crippen molar-refractivity contribution >= 4 is 22.1 Å². The maximum Gasteiger partial charge on any atom is 0.0641 e. The van der Waals surface area contributed by atoms with Crippen LogP contribution in [-0.2, 0) is 4.74 Å². The maximum absolute atomic E-state index is 6.29. The number of benzene rings is 1. The van der Waals surface area contributed by atoms with Crippen LogP contribution in [0.2, 0.25) is 0 Å². The van der Waals surface area contributed by atoms with E-state index >= 15 is 0 Å². The van der Waals surface area contributed by atoms with Gasteiger partial charge >= 0.3 is 0 Å². The molecule has 0 aliphatic carbocycles. The zero-order chi connectivity index (χ0) is 12.4. The Bertz CT molecular complexity index is 548. The second-order valence-corrected chi connectivity index (χ2v) is 4.55. The second-order valence-electron chi connectivity index (χ2n) is 4.55. The van der Waals surface area contributed by atoms with E-state index in [1.165, 1.54) is 0 Å². The lowest BCUT2D eigenvalue weighted by Gasteiger charge is -2.24. The fourth-order valence-corrected chi connectivity index (χ4v) is 2.44. The highest BCUT2D eigenvalue weighted by molar-refractivity contribution is 5.98. The van der Waals surface area contributed by atoms with Gasteiger partial charge in [0.1, 0.15) is 0 Å². The molecule has 0 radical (unpaired) electrons. The zero-order valence-electron chi connectivity index (χ0n) is 10.3. The summed E-state index contributed by atoms with van der Waals surface area (Å²) in [5.41, 5.74) is 8.25. The molecule has 0 spiro atoms. The second kappa shape index (κ2) is 4.82. The van der Waals surface area contributed by atoms with Crippen molar-refractivity contribution in [2.24, 2.45) is 0 Å². The lowest BCUT2D eigenvalue weighted by atomic mass is 10.1. The first-order chi connectivity index (χ1) is 8.86. The standard InChI is InChI=1S/C14H17N3O/c15-14-12-4-5-16-10-11(12)2-3-13(14)17-6-1-8-18-9-7-17/h2-5,10H,1,6-9,15H2. The number of hydrogen-bond acceptors (Lipinski definition) is 4. The van der Waals surface area contributed by atoms with E-state index < -0.39 is 0 Å². The molecule has 4 nitrogen and oxygen atoms in total. The number of pyridine rings is 1. The van der Waals surface area contributed by atoms with Crippen LogP contribution in [0.25, 0.3) is 10.8 Å². The predicted molar refractivity (Wildman–Crippen MR) is 73.8 cm³/mol. The molecule has 1 aliphatic heterocycles. The number of rotatable bonds is 1. The summed E-state index contributed by atoms with van der Waals surface area (Å²) >= 11 is 0. The van der Waals surface area contributed by atoms with E-state index in [-0.39, 0.29) is 0 Å². The summed E-state index contributed by atoms with van der Waals surface area (Å²) in [6.07, 6.45) is 4.68. The fourth-order valence-electron chi connectivity index (χ4n) is 2.44. The molecule has 0 saturated carbocycles. The Balaban J connectivity index is 2.03. The van der Waals surface area contributed by atoms with Gasteiger partial charge in [0.05, 0.1) is 18.0 Å². The minimum Gasteiger partial charge on any atom is -0.397 e. The number of aromatic nitrogens is 1. The molecule has 2 aromatic rings. The summed E-state index contributed by atoms with van der Waals surface area (Å²) in [7, 11) is 0. The lowest BCUT2D eigenvalue weighted by Crippen LogP contribution is -2.26. The summed E-state index contributed by atoms with van der Waals surface area (Å²) in [4.78, 5) is 6.43. The monoisotopic (exact) mass is 243 g/mol. The molecule has 3 rings (SSSR count). The van der Waals surface area contributed by atoms with Crippen molar-refractivity contribution in [3.63, 3.8) is 0 Å². The van der Waals surface area contributed by atoms with E-state index in [1.807, 2.05) is 12.3 Å². The molecular weight excluding hydrogens is 226 g/mol. The highest BCUT2D eigenvalue weighted by Crippen LogP contribution is 2.31. The van der Waals surface area contributed by atoms with Crippen molar-refractivity contribution in [2.45, 2.75) is 6.42 Å². The average Bonchev–Trinajstić information content (AvgIpc) is 2.68. The van der Waals surface area contributed by atoms with Crippen LogP contribution >= 0.6 is 0 Å². The van der Waals surface area contributed by atoms with Gasteiger partial charge in [-0.15, -0.1) is 0 Å². The normalized spacial score (nSPS) is 16.8. The summed E-state index contributed by atoms with van der Waals surface area (Å²) in [6, 6.07) is 6.15. The molecular formula is C14H17N3O. The molecule has 1 aromatic carbocycles. The van der Waals surface area contributed by atoms with Crippen molar-refractivity contribution in [1.29, 1.82) is 0 Å². The third-order valence-electron chi connectivity index (χ3n) is 3.40. The van der Waals surface area contributed by atoms with E-state index in [0.717, 1.165) is 54.9 Å². The highest BCUT2D eigenvalue weighted by atomic mass is 16.5. The number of fused-ring (bicyclic) bond motifs is 1. The van der Waals surface area contributed by atoms with Crippen molar-refractivity contribution in [3.05, 3.63) is 30.6 Å². The number of nitrogen functional groups attached to an aromatic ring is 1. The molecule has 1 aliphatic rings.